The van der Waals surface area contributed by atoms with Crippen LogP contribution in [0.2, 0.25) is 0 Å². The zero-order valence-electron chi connectivity index (χ0n) is 20.7. The van der Waals surface area contributed by atoms with E-state index in [9.17, 15) is 14.4 Å². The van der Waals surface area contributed by atoms with Crippen LogP contribution in [-0.4, -0.2) is 25.1 Å². The van der Waals surface area contributed by atoms with Crippen molar-refractivity contribution in [1.82, 2.24) is 19.1 Å². The van der Waals surface area contributed by atoms with Crippen molar-refractivity contribution in [3.8, 4) is 6.01 Å². The first-order valence-electron chi connectivity index (χ1n) is 13.3. The Labute approximate surface area is 210 Å². The van der Waals surface area contributed by atoms with Crippen LogP contribution in [0.4, 0.5) is 0 Å². The Balaban J connectivity index is 1.47. The van der Waals surface area contributed by atoms with E-state index < -0.39 is 11.5 Å². The molecule has 2 saturated carbocycles. The summed E-state index contributed by atoms with van der Waals surface area (Å²) in [6.07, 6.45) is 14.2. The van der Waals surface area contributed by atoms with Crippen LogP contribution in [0.5, 0.6) is 6.01 Å². The minimum Gasteiger partial charge on any atom is -0.389 e. The van der Waals surface area contributed by atoms with Gasteiger partial charge < -0.3 is 9.72 Å². The highest BCUT2D eigenvalue weighted by Crippen LogP contribution is 2.27. The molecule has 2 heterocycles. The van der Waals surface area contributed by atoms with E-state index in [2.05, 4.69) is 9.97 Å². The summed E-state index contributed by atoms with van der Waals surface area (Å²) in [5, 5.41) is 0. The van der Waals surface area contributed by atoms with Gasteiger partial charge in [-0.15, -0.1) is 0 Å². The molecule has 8 nitrogen and oxygen atoms in total. The molecular weight excluding hydrogens is 456 g/mol. The second kappa shape index (κ2) is 11.1. The minimum atomic E-state index is -0.610. The van der Waals surface area contributed by atoms with Gasteiger partial charge in [0.25, 0.3) is 5.56 Å². The van der Waals surface area contributed by atoms with Crippen molar-refractivity contribution >= 4 is 23.2 Å². The predicted octanol–water partition coefficient (Wildman–Crippen LogP) is 4.67. The van der Waals surface area contributed by atoms with Crippen LogP contribution in [0, 0.1) is 11.8 Å². The third kappa shape index (κ3) is 5.53. The van der Waals surface area contributed by atoms with Crippen molar-refractivity contribution in [3.63, 3.8) is 0 Å². The maximum Gasteiger partial charge on any atom is 0.338 e. The standard InChI is InChI=1S/C28H34N4O4/c33-23(17-16-20-10-4-1-5-11-20)36-27-29-24-25(30-27)31(18-21-12-6-2-7-13-21)28(35)32(26(24)34)19-22-14-8-3-9-15-22/h1,4-5,10-11,16-17,21-22H,2-3,6-9,12-15,18-19H2,(H,29,30)/b17-16+. The van der Waals surface area contributed by atoms with Crippen LogP contribution in [0.3, 0.4) is 0 Å². The van der Waals surface area contributed by atoms with E-state index in [0.29, 0.717) is 24.9 Å². The number of fused-ring (bicyclic) bond motifs is 1. The van der Waals surface area contributed by atoms with Crippen molar-refractivity contribution in [1.29, 1.82) is 0 Å². The summed E-state index contributed by atoms with van der Waals surface area (Å²) < 4.78 is 8.40. The molecule has 2 aliphatic carbocycles. The van der Waals surface area contributed by atoms with Gasteiger partial charge in [-0.1, -0.05) is 68.9 Å². The number of nitrogens with one attached hydrogen (secondary N) is 1. The van der Waals surface area contributed by atoms with Gasteiger partial charge in [0, 0.05) is 19.2 Å². The fourth-order valence-electron chi connectivity index (χ4n) is 5.63. The van der Waals surface area contributed by atoms with E-state index in [-0.39, 0.29) is 22.9 Å². The summed E-state index contributed by atoms with van der Waals surface area (Å²) in [4.78, 5) is 46.7. The van der Waals surface area contributed by atoms with Gasteiger partial charge in [-0.3, -0.25) is 13.9 Å². The zero-order chi connectivity index (χ0) is 24.9. The first-order chi connectivity index (χ1) is 17.6. The summed E-state index contributed by atoms with van der Waals surface area (Å²) in [5.41, 5.74) is 0.652. The lowest BCUT2D eigenvalue weighted by atomic mass is 9.89. The molecule has 0 radical (unpaired) electrons. The van der Waals surface area contributed by atoms with Crippen molar-refractivity contribution in [2.24, 2.45) is 11.8 Å². The highest BCUT2D eigenvalue weighted by Gasteiger charge is 2.24. The van der Waals surface area contributed by atoms with E-state index in [1.165, 1.54) is 23.5 Å². The van der Waals surface area contributed by atoms with Crippen molar-refractivity contribution in [3.05, 3.63) is 62.8 Å². The Morgan fingerprint density at radius 1 is 0.917 bits per heavy atom. The lowest BCUT2D eigenvalue weighted by Crippen LogP contribution is -2.42. The highest BCUT2D eigenvalue weighted by atomic mass is 16.5. The molecule has 2 aliphatic rings. The van der Waals surface area contributed by atoms with Gasteiger partial charge in [0.1, 0.15) is 0 Å². The number of carbonyl (C=O) groups excluding carboxylic acids is 1. The summed E-state index contributed by atoms with van der Waals surface area (Å²) in [7, 11) is 0. The second-order valence-corrected chi connectivity index (χ2v) is 10.2. The largest absolute Gasteiger partial charge is 0.389 e. The van der Waals surface area contributed by atoms with Gasteiger partial charge in [-0.25, -0.2) is 9.59 Å². The van der Waals surface area contributed by atoms with E-state index in [1.54, 1.807) is 10.6 Å². The highest BCUT2D eigenvalue weighted by molar-refractivity contribution is 5.88. The molecule has 2 fully saturated rings. The first-order valence-corrected chi connectivity index (χ1v) is 13.3. The molecule has 2 aromatic heterocycles. The van der Waals surface area contributed by atoms with Gasteiger partial charge in [0.05, 0.1) is 0 Å². The number of ether oxygens (including phenoxy) is 1. The maximum atomic E-state index is 13.6. The van der Waals surface area contributed by atoms with Crippen LogP contribution >= 0.6 is 0 Å². The van der Waals surface area contributed by atoms with Gasteiger partial charge in [0.15, 0.2) is 11.2 Å². The van der Waals surface area contributed by atoms with E-state index in [4.69, 9.17) is 4.74 Å². The number of hydrogen-bond donors (Lipinski definition) is 1. The fourth-order valence-corrected chi connectivity index (χ4v) is 5.63. The van der Waals surface area contributed by atoms with Gasteiger partial charge in [-0.05, 0) is 49.2 Å². The monoisotopic (exact) mass is 490 g/mol. The molecule has 36 heavy (non-hydrogen) atoms. The number of carbonyl (C=O) groups is 1. The molecule has 0 bridgehead atoms. The molecule has 3 aromatic rings. The molecule has 1 aromatic carbocycles. The fraction of sp³-hybridized carbons (Fsp3) is 0.500. The van der Waals surface area contributed by atoms with Crippen LogP contribution in [0.1, 0.15) is 69.8 Å². The summed E-state index contributed by atoms with van der Waals surface area (Å²) in [6.45, 7) is 0.943. The summed E-state index contributed by atoms with van der Waals surface area (Å²) >= 11 is 0. The SMILES string of the molecule is O=C(/C=C/c1ccccc1)Oc1nc2c([nH]1)c(=O)n(CC1CCCCC1)c(=O)n2CC1CCCCC1. The lowest BCUT2D eigenvalue weighted by Gasteiger charge is -2.24. The number of benzene rings is 1. The number of nitrogens with zero attached hydrogens (tertiary/aromatic N) is 3. The molecular formula is C28H34N4O4. The van der Waals surface area contributed by atoms with Crippen LogP contribution < -0.4 is 16.0 Å². The van der Waals surface area contributed by atoms with Crippen LogP contribution in [-0.2, 0) is 17.9 Å². The lowest BCUT2D eigenvalue weighted by molar-refractivity contribution is -0.129. The molecule has 0 atom stereocenters. The Hall–Kier alpha value is -3.42. The smallest absolute Gasteiger partial charge is 0.338 e. The third-order valence-electron chi connectivity index (χ3n) is 7.58. The van der Waals surface area contributed by atoms with E-state index in [0.717, 1.165) is 56.9 Å². The average molecular weight is 491 g/mol. The predicted molar refractivity (Wildman–Crippen MR) is 139 cm³/mol. The van der Waals surface area contributed by atoms with Crippen LogP contribution in [0.25, 0.3) is 17.2 Å². The Morgan fingerprint density at radius 3 is 2.17 bits per heavy atom. The first kappa shape index (κ1) is 24.3. The second-order valence-electron chi connectivity index (χ2n) is 10.2. The Bertz CT molecular complexity index is 1340. The summed E-state index contributed by atoms with van der Waals surface area (Å²) in [6, 6.07) is 9.35. The van der Waals surface area contributed by atoms with Gasteiger partial charge in [0.2, 0.25) is 0 Å². The molecule has 8 heteroatoms. The minimum absolute atomic E-state index is 0.0722. The molecule has 1 N–H and O–H groups in total. The number of rotatable bonds is 7. The van der Waals surface area contributed by atoms with Crippen LogP contribution in [0.15, 0.2) is 46.0 Å². The van der Waals surface area contributed by atoms with Gasteiger partial charge >= 0.3 is 17.7 Å². The summed E-state index contributed by atoms with van der Waals surface area (Å²) in [5.74, 6) is 0.0893. The molecule has 0 aliphatic heterocycles. The number of aromatic amines is 1. The zero-order valence-corrected chi connectivity index (χ0v) is 20.7. The number of imidazole rings is 1. The Kier molecular flexibility index (Phi) is 7.49. The number of H-pyrrole nitrogens is 1. The van der Waals surface area contributed by atoms with Crippen molar-refractivity contribution in [2.45, 2.75) is 77.3 Å². The molecule has 0 amide bonds. The topological polar surface area (TPSA) is 99.0 Å². The molecule has 0 spiro atoms. The number of aromatic nitrogens is 4. The number of hydrogen-bond acceptors (Lipinski definition) is 5. The quantitative estimate of drug-likeness (QED) is 0.383. The van der Waals surface area contributed by atoms with E-state index in [1.807, 2.05) is 30.3 Å². The van der Waals surface area contributed by atoms with Crippen molar-refractivity contribution < 1.29 is 9.53 Å². The Morgan fingerprint density at radius 2 is 1.53 bits per heavy atom. The molecule has 0 saturated heterocycles. The van der Waals surface area contributed by atoms with E-state index >= 15 is 0 Å². The average Bonchev–Trinajstić information content (AvgIpc) is 3.33. The van der Waals surface area contributed by atoms with Gasteiger partial charge in [-0.2, -0.15) is 4.98 Å². The third-order valence-corrected chi connectivity index (χ3v) is 7.58. The molecule has 0 unspecified atom stereocenters. The maximum absolute atomic E-state index is 13.6. The molecule has 190 valence electrons. The van der Waals surface area contributed by atoms with Crippen molar-refractivity contribution in [2.75, 3.05) is 0 Å². The molecule has 5 rings (SSSR count). The number of esters is 1. The normalized spacial score (nSPS) is 17.7.